The Kier molecular flexibility index (Phi) is 5.58. The molecule has 0 aliphatic heterocycles. The Bertz CT molecular complexity index is 209. The first kappa shape index (κ1) is 12.7. The van der Waals surface area contributed by atoms with Crippen LogP contribution in [-0.2, 0) is 4.79 Å². The first-order valence-corrected chi connectivity index (χ1v) is 4.19. The van der Waals surface area contributed by atoms with Crippen molar-refractivity contribution in [2.75, 3.05) is 6.54 Å². The van der Waals surface area contributed by atoms with Crippen LogP contribution in [0.25, 0.3) is 0 Å². The van der Waals surface area contributed by atoms with Gasteiger partial charge in [0.2, 0.25) is 0 Å². The molecule has 0 fully saturated rings. The molecule has 0 amide bonds. The summed E-state index contributed by atoms with van der Waals surface area (Å²) in [6.07, 6.45) is -0.309. The van der Waals surface area contributed by atoms with Crippen LogP contribution in [0.4, 0.5) is 0 Å². The Morgan fingerprint density at radius 2 is 2.14 bits per heavy atom. The molecule has 0 rings (SSSR count). The van der Waals surface area contributed by atoms with Crippen molar-refractivity contribution in [1.82, 2.24) is 5.32 Å². The monoisotopic (exact) mass is 204 g/mol. The number of aliphatic hydroxyl groups excluding tert-OH is 1. The second-order valence-electron chi connectivity index (χ2n) is 2.91. The minimum absolute atomic E-state index is 0.151. The average molecular weight is 204 g/mol. The highest BCUT2D eigenvalue weighted by molar-refractivity contribution is 5.74. The summed E-state index contributed by atoms with van der Waals surface area (Å²) < 4.78 is 0. The van der Waals surface area contributed by atoms with E-state index < -0.39 is 18.1 Å². The average Bonchev–Trinajstić information content (AvgIpc) is 2.10. The number of hydrogen-bond acceptors (Lipinski definition) is 4. The Hall–Kier alpha value is -1.34. The summed E-state index contributed by atoms with van der Waals surface area (Å²) in [5, 5.41) is 27.0. The molecule has 82 valence electrons. The lowest BCUT2D eigenvalue weighted by Crippen LogP contribution is -2.42. The van der Waals surface area contributed by atoms with E-state index in [1.807, 2.05) is 0 Å². The molecule has 0 heterocycles. The number of carboxylic acids is 1. The molecule has 8 N–H and O–H groups in total. The second-order valence-corrected chi connectivity index (χ2v) is 2.91. The fourth-order valence-corrected chi connectivity index (χ4v) is 0.878. The van der Waals surface area contributed by atoms with Crippen LogP contribution in [-0.4, -0.2) is 40.8 Å². The van der Waals surface area contributed by atoms with Gasteiger partial charge >= 0.3 is 5.97 Å². The van der Waals surface area contributed by atoms with Gasteiger partial charge in [-0.3, -0.25) is 10.2 Å². The highest BCUT2D eigenvalue weighted by Crippen LogP contribution is 2.00. The summed E-state index contributed by atoms with van der Waals surface area (Å²) in [5.74, 6) is -1.38. The maximum atomic E-state index is 10.3. The molecule has 0 bridgehead atoms. The molecule has 0 aromatic carbocycles. The molecule has 0 spiro atoms. The van der Waals surface area contributed by atoms with E-state index in [9.17, 15) is 9.90 Å². The number of nitrogens with one attached hydrogen (secondary N) is 2. The van der Waals surface area contributed by atoms with E-state index in [4.69, 9.17) is 22.0 Å². The van der Waals surface area contributed by atoms with Gasteiger partial charge in [-0.2, -0.15) is 0 Å². The van der Waals surface area contributed by atoms with Crippen LogP contribution >= 0.6 is 0 Å². The molecule has 7 heteroatoms. The maximum Gasteiger partial charge on any atom is 0.323 e. The lowest BCUT2D eigenvalue weighted by atomic mass is 10.1. The normalized spacial score (nSPS) is 14.4. The Balaban J connectivity index is 3.58. The Morgan fingerprint density at radius 3 is 2.57 bits per heavy atom. The van der Waals surface area contributed by atoms with Gasteiger partial charge in [-0.05, 0) is 12.8 Å². The van der Waals surface area contributed by atoms with Crippen molar-refractivity contribution in [3.05, 3.63) is 0 Å². The number of nitrogens with two attached hydrogens (primary N) is 2. The van der Waals surface area contributed by atoms with Crippen LogP contribution in [0, 0.1) is 5.41 Å². The van der Waals surface area contributed by atoms with Crippen molar-refractivity contribution < 1.29 is 15.0 Å². The zero-order valence-corrected chi connectivity index (χ0v) is 7.73. The third-order valence-corrected chi connectivity index (χ3v) is 1.69. The molecule has 7 nitrogen and oxygen atoms in total. The van der Waals surface area contributed by atoms with E-state index in [-0.39, 0.29) is 12.4 Å². The number of carboxylic acid groups (broad SMARTS) is 1. The Morgan fingerprint density at radius 1 is 1.57 bits per heavy atom. The van der Waals surface area contributed by atoms with E-state index in [1.54, 1.807) is 0 Å². The molecular weight excluding hydrogens is 188 g/mol. The zero-order valence-electron chi connectivity index (χ0n) is 7.73. The van der Waals surface area contributed by atoms with Crippen molar-refractivity contribution in [2.45, 2.75) is 25.0 Å². The summed E-state index contributed by atoms with van der Waals surface area (Å²) in [6, 6.07) is -1.26. The molecule has 14 heavy (non-hydrogen) atoms. The smallest absolute Gasteiger partial charge is 0.323 e. The fraction of sp³-hybridized carbons (Fsp3) is 0.714. The predicted molar refractivity (Wildman–Crippen MR) is 50.8 cm³/mol. The van der Waals surface area contributed by atoms with Gasteiger partial charge in [-0.1, -0.05) is 0 Å². The van der Waals surface area contributed by atoms with Gasteiger partial charge in [-0.15, -0.1) is 0 Å². The first-order valence-electron chi connectivity index (χ1n) is 4.19. The molecule has 0 aliphatic rings. The van der Waals surface area contributed by atoms with E-state index in [1.165, 1.54) is 0 Å². The molecule has 0 aromatic rings. The lowest BCUT2D eigenvalue weighted by Gasteiger charge is -2.14. The molecule has 0 saturated carbocycles. The number of carbonyl (C=O) groups is 1. The van der Waals surface area contributed by atoms with Crippen molar-refractivity contribution in [3.63, 3.8) is 0 Å². The van der Waals surface area contributed by atoms with Gasteiger partial charge in [0.1, 0.15) is 6.04 Å². The van der Waals surface area contributed by atoms with E-state index >= 15 is 0 Å². The van der Waals surface area contributed by atoms with Gasteiger partial charge in [-0.25, -0.2) is 0 Å². The van der Waals surface area contributed by atoms with Gasteiger partial charge in [0, 0.05) is 6.54 Å². The number of hydrogen-bond donors (Lipinski definition) is 6. The highest BCUT2D eigenvalue weighted by Gasteiger charge is 2.20. The fourth-order valence-electron chi connectivity index (χ4n) is 0.878. The number of aliphatic carboxylic acids is 1. The maximum absolute atomic E-state index is 10.3. The minimum atomic E-state index is -1.26. The number of guanidine groups is 1. The highest BCUT2D eigenvalue weighted by atomic mass is 16.4. The van der Waals surface area contributed by atoms with E-state index in [2.05, 4.69) is 5.32 Å². The third kappa shape index (κ3) is 5.33. The van der Waals surface area contributed by atoms with Crippen LogP contribution in [0.3, 0.4) is 0 Å². The topological polar surface area (TPSA) is 145 Å². The van der Waals surface area contributed by atoms with E-state index in [0.29, 0.717) is 13.0 Å². The molecule has 0 radical (unpaired) electrons. The van der Waals surface area contributed by atoms with Crippen LogP contribution in [0.1, 0.15) is 12.8 Å². The summed E-state index contributed by atoms with van der Waals surface area (Å²) >= 11 is 0. The van der Waals surface area contributed by atoms with Crippen LogP contribution in [0.2, 0.25) is 0 Å². The molecule has 0 aromatic heterocycles. The van der Waals surface area contributed by atoms with Crippen LogP contribution < -0.4 is 16.8 Å². The van der Waals surface area contributed by atoms with Crippen molar-refractivity contribution >= 4 is 11.9 Å². The Labute approximate surface area is 81.6 Å². The first-order chi connectivity index (χ1) is 6.45. The zero-order chi connectivity index (χ0) is 11.1. The number of aliphatic hydroxyl groups is 1. The van der Waals surface area contributed by atoms with Crippen molar-refractivity contribution in [3.8, 4) is 0 Å². The van der Waals surface area contributed by atoms with Crippen LogP contribution in [0.5, 0.6) is 0 Å². The molecule has 1 unspecified atom stereocenters. The summed E-state index contributed by atoms with van der Waals surface area (Å²) in [4.78, 5) is 10.3. The van der Waals surface area contributed by atoms with E-state index in [0.717, 1.165) is 0 Å². The molecular formula is C7H16N4O3. The van der Waals surface area contributed by atoms with Gasteiger partial charge in [0.25, 0.3) is 0 Å². The molecule has 2 atom stereocenters. The SMILES string of the molecule is N=C(N)NCCCC(O)[C@H](N)C(=O)O. The standard InChI is InChI=1S/C7H16N4O3/c8-5(6(13)14)4(12)2-1-3-11-7(9)10/h4-5,12H,1-3,8H2,(H,13,14)(H4,9,10,11)/t4?,5-/m0/s1. The quantitative estimate of drug-likeness (QED) is 0.168. The van der Waals surface area contributed by atoms with Gasteiger partial charge in [0.05, 0.1) is 6.10 Å². The second kappa shape index (κ2) is 6.17. The third-order valence-electron chi connectivity index (χ3n) is 1.69. The van der Waals surface area contributed by atoms with Crippen molar-refractivity contribution in [2.24, 2.45) is 11.5 Å². The number of rotatable bonds is 6. The van der Waals surface area contributed by atoms with Crippen LogP contribution in [0.15, 0.2) is 0 Å². The summed E-state index contributed by atoms with van der Waals surface area (Å²) in [7, 11) is 0. The van der Waals surface area contributed by atoms with Gasteiger partial charge in [0.15, 0.2) is 5.96 Å². The predicted octanol–water partition coefficient (Wildman–Crippen LogP) is -1.98. The summed E-state index contributed by atoms with van der Waals surface area (Å²) in [6.45, 7) is 0.415. The molecule has 0 aliphatic carbocycles. The lowest BCUT2D eigenvalue weighted by molar-refractivity contribution is -0.141. The summed E-state index contributed by atoms with van der Waals surface area (Å²) in [5.41, 5.74) is 10.2. The molecule has 0 saturated heterocycles. The van der Waals surface area contributed by atoms with Crippen molar-refractivity contribution in [1.29, 1.82) is 5.41 Å². The van der Waals surface area contributed by atoms with Gasteiger partial charge < -0.3 is 27.0 Å². The minimum Gasteiger partial charge on any atom is -0.480 e. The largest absolute Gasteiger partial charge is 0.480 e.